The molecule has 0 atom stereocenters. The molecule has 94 valence electrons. The molecule has 4 nitrogen and oxygen atoms in total. The minimum Gasteiger partial charge on any atom is -0.301 e. The first-order chi connectivity index (χ1) is 8.29. The van der Waals surface area contributed by atoms with Crippen LogP contribution in [0.2, 0.25) is 0 Å². The Hall–Kier alpha value is -0.970. The Kier molecular flexibility index (Phi) is 4.48. The molecule has 0 aliphatic heterocycles. The highest BCUT2D eigenvalue weighted by atomic mass is 16.6. The van der Waals surface area contributed by atoms with Crippen LogP contribution in [0.5, 0.6) is 0 Å². The third-order valence-corrected chi connectivity index (χ3v) is 3.61. The summed E-state index contributed by atoms with van der Waals surface area (Å²) in [5.41, 5.74) is 1.27. The number of aromatic nitrogens is 1. The van der Waals surface area contributed by atoms with Gasteiger partial charge in [0.25, 0.3) is 0 Å². The SMILES string of the molecule is CN(Cc1cccnc1)C1CCC(ON)CC1. The van der Waals surface area contributed by atoms with E-state index in [0.717, 1.165) is 19.4 Å². The van der Waals surface area contributed by atoms with Crippen LogP contribution in [0, 0.1) is 0 Å². The highest BCUT2D eigenvalue weighted by Crippen LogP contribution is 2.24. The summed E-state index contributed by atoms with van der Waals surface area (Å²) in [7, 11) is 2.18. The van der Waals surface area contributed by atoms with Crippen molar-refractivity contribution in [2.75, 3.05) is 7.05 Å². The van der Waals surface area contributed by atoms with Gasteiger partial charge in [-0.2, -0.15) is 0 Å². The summed E-state index contributed by atoms with van der Waals surface area (Å²) >= 11 is 0. The van der Waals surface area contributed by atoms with Gasteiger partial charge in [0.2, 0.25) is 0 Å². The summed E-state index contributed by atoms with van der Waals surface area (Å²) < 4.78 is 0. The molecule has 1 aromatic rings. The van der Waals surface area contributed by atoms with Crippen LogP contribution in [0.3, 0.4) is 0 Å². The fraction of sp³-hybridized carbons (Fsp3) is 0.615. The number of rotatable bonds is 4. The van der Waals surface area contributed by atoms with Gasteiger partial charge in [0.15, 0.2) is 0 Å². The average molecular weight is 235 g/mol. The maximum atomic E-state index is 5.23. The smallest absolute Gasteiger partial charge is 0.0788 e. The molecule has 1 heterocycles. The van der Waals surface area contributed by atoms with E-state index in [1.807, 2.05) is 18.5 Å². The quantitative estimate of drug-likeness (QED) is 0.807. The molecule has 2 N–H and O–H groups in total. The van der Waals surface area contributed by atoms with E-state index < -0.39 is 0 Å². The second-order valence-corrected chi connectivity index (χ2v) is 4.84. The van der Waals surface area contributed by atoms with Crippen LogP contribution in [0.15, 0.2) is 24.5 Å². The summed E-state index contributed by atoms with van der Waals surface area (Å²) in [5.74, 6) is 5.23. The molecule has 1 aliphatic carbocycles. The lowest BCUT2D eigenvalue weighted by Crippen LogP contribution is -2.37. The Labute approximate surface area is 103 Å². The molecule has 0 aromatic carbocycles. The minimum absolute atomic E-state index is 0.262. The maximum absolute atomic E-state index is 5.23. The number of hydrogen-bond donors (Lipinski definition) is 1. The first-order valence-corrected chi connectivity index (χ1v) is 6.24. The van der Waals surface area contributed by atoms with Gasteiger partial charge in [-0.1, -0.05) is 6.07 Å². The molecule has 2 rings (SSSR count). The van der Waals surface area contributed by atoms with Crippen LogP contribution < -0.4 is 5.90 Å². The summed E-state index contributed by atoms with van der Waals surface area (Å²) in [6, 6.07) is 4.75. The Balaban J connectivity index is 1.83. The van der Waals surface area contributed by atoms with E-state index in [-0.39, 0.29) is 6.10 Å². The predicted octanol–water partition coefficient (Wildman–Crippen LogP) is 1.71. The molecule has 1 aliphatic rings. The van der Waals surface area contributed by atoms with Crippen molar-refractivity contribution in [2.45, 2.75) is 44.4 Å². The van der Waals surface area contributed by atoms with Crippen molar-refractivity contribution < 1.29 is 4.84 Å². The molecular weight excluding hydrogens is 214 g/mol. The van der Waals surface area contributed by atoms with Crippen molar-refractivity contribution in [1.29, 1.82) is 0 Å². The zero-order chi connectivity index (χ0) is 12.1. The molecule has 1 aromatic heterocycles. The largest absolute Gasteiger partial charge is 0.301 e. The molecule has 0 radical (unpaired) electrons. The lowest BCUT2D eigenvalue weighted by Gasteiger charge is -2.33. The third-order valence-electron chi connectivity index (χ3n) is 3.61. The Morgan fingerprint density at radius 1 is 1.41 bits per heavy atom. The molecule has 0 spiro atoms. The molecule has 17 heavy (non-hydrogen) atoms. The third kappa shape index (κ3) is 3.49. The van der Waals surface area contributed by atoms with Crippen LogP contribution in [0.4, 0.5) is 0 Å². The van der Waals surface area contributed by atoms with E-state index in [0.29, 0.717) is 6.04 Å². The first-order valence-electron chi connectivity index (χ1n) is 6.24. The van der Waals surface area contributed by atoms with Gasteiger partial charge in [0.1, 0.15) is 0 Å². The van der Waals surface area contributed by atoms with Gasteiger partial charge in [-0.15, -0.1) is 0 Å². The lowest BCUT2D eigenvalue weighted by molar-refractivity contribution is 0.00871. The normalized spacial score (nSPS) is 25.1. The van der Waals surface area contributed by atoms with Crippen molar-refractivity contribution in [3.63, 3.8) is 0 Å². The van der Waals surface area contributed by atoms with Gasteiger partial charge in [0, 0.05) is 25.0 Å². The van der Waals surface area contributed by atoms with Gasteiger partial charge in [-0.3, -0.25) is 9.88 Å². The second kappa shape index (κ2) is 6.10. The van der Waals surface area contributed by atoms with E-state index in [9.17, 15) is 0 Å². The predicted molar refractivity (Wildman–Crippen MR) is 67.0 cm³/mol. The number of nitrogens with zero attached hydrogens (tertiary/aromatic N) is 2. The molecular formula is C13H21N3O. The highest BCUT2D eigenvalue weighted by Gasteiger charge is 2.24. The monoisotopic (exact) mass is 235 g/mol. The fourth-order valence-electron chi connectivity index (χ4n) is 2.53. The van der Waals surface area contributed by atoms with Gasteiger partial charge in [-0.05, 0) is 44.4 Å². The van der Waals surface area contributed by atoms with Crippen molar-refractivity contribution in [3.05, 3.63) is 30.1 Å². The maximum Gasteiger partial charge on any atom is 0.0788 e. The van der Waals surface area contributed by atoms with Gasteiger partial charge < -0.3 is 4.84 Å². The first kappa shape index (κ1) is 12.5. The molecule has 1 fully saturated rings. The van der Waals surface area contributed by atoms with E-state index in [2.05, 4.69) is 23.0 Å². The molecule has 0 unspecified atom stereocenters. The molecule has 4 heteroatoms. The van der Waals surface area contributed by atoms with E-state index >= 15 is 0 Å². The zero-order valence-electron chi connectivity index (χ0n) is 10.4. The van der Waals surface area contributed by atoms with Crippen molar-refractivity contribution in [3.8, 4) is 0 Å². The van der Waals surface area contributed by atoms with Gasteiger partial charge in [0.05, 0.1) is 6.10 Å². The molecule has 0 saturated heterocycles. The highest BCUT2D eigenvalue weighted by molar-refractivity contribution is 5.08. The molecule has 0 bridgehead atoms. The van der Waals surface area contributed by atoms with Crippen LogP contribution in [0.1, 0.15) is 31.2 Å². The molecule has 0 amide bonds. The standard InChI is InChI=1S/C13H21N3O/c1-16(10-11-3-2-8-15-9-11)12-4-6-13(17-14)7-5-12/h2-3,8-9,12-13H,4-7,10,14H2,1H3. The summed E-state index contributed by atoms with van der Waals surface area (Å²) in [4.78, 5) is 11.5. The van der Waals surface area contributed by atoms with Crippen LogP contribution in [0.25, 0.3) is 0 Å². The van der Waals surface area contributed by atoms with E-state index in [1.54, 1.807) is 0 Å². The van der Waals surface area contributed by atoms with Gasteiger partial charge >= 0.3 is 0 Å². The molecule has 1 saturated carbocycles. The summed E-state index contributed by atoms with van der Waals surface area (Å²) in [6.45, 7) is 0.965. The lowest BCUT2D eigenvalue weighted by atomic mass is 9.92. The topological polar surface area (TPSA) is 51.4 Å². The second-order valence-electron chi connectivity index (χ2n) is 4.84. The Morgan fingerprint density at radius 3 is 2.76 bits per heavy atom. The van der Waals surface area contributed by atoms with Crippen LogP contribution >= 0.6 is 0 Å². The van der Waals surface area contributed by atoms with Crippen molar-refractivity contribution in [1.82, 2.24) is 9.88 Å². The van der Waals surface area contributed by atoms with E-state index in [4.69, 9.17) is 10.7 Å². The van der Waals surface area contributed by atoms with Crippen molar-refractivity contribution >= 4 is 0 Å². The van der Waals surface area contributed by atoms with Crippen molar-refractivity contribution in [2.24, 2.45) is 5.90 Å². The Morgan fingerprint density at radius 2 is 2.18 bits per heavy atom. The fourth-order valence-corrected chi connectivity index (χ4v) is 2.53. The zero-order valence-corrected chi connectivity index (χ0v) is 10.4. The summed E-state index contributed by atoms with van der Waals surface area (Å²) in [5, 5.41) is 0. The van der Waals surface area contributed by atoms with Gasteiger partial charge in [-0.25, -0.2) is 5.90 Å². The average Bonchev–Trinajstić information content (AvgIpc) is 2.40. The number of nitrogens with two attached hydrogens (primary N) is 1. The summed E-state index contributed by atoms with van der Waals surface area (Å²) in [6.07, 6.45) is 8.48. The van der Waals surface area contributed by atoms with E-state index in [1.165, 1.54) is 18.4 Å². The van der Waals surface area contributed by atoms with Crippen LogP contribution in [-0.4, -0.2) is 29.1 Å². The number of pyridine rings is 1. The Bertz CT molecular complexity index is 323. The number of hydrogen-bond acceptors (Lipinski definition) is 4. The minimum atomic E-state index is 0.262. The van der Waals surface area contributed by atoms with Crippen LogP contribution in [-0.2, 0) is 11.4 Å².